The van der Waals surface area contributed by atoms with Crippen LogP contribution in [0.5, 0.6) is 0 Å². The highest BCUT2D eigenvalue weighted by Gasteiger charge is 2.34. The summed E-state index contributed by atoms with van der Waals surface area (Å²) < 4.78 is 5.93. The van der Waals surface area contributed by atoms with Crippen molar-refractivity contribution < 1.29 is 4.74 Å². The monoisotopic (exact) mass is 342 g/mol. The summed E-state index contributed by atoms with van der Waals surface area (Å²) >= 11 is 2.14. The number of morpholine rings is 1. The number of nitrogens with one attached hydrogen (secondary N) is 2. The van der Waals surface area contributed by atoms with E-state index in [4.69, 9.17) is 4.74 Å². The largest absolute Gasteiger partial charge is 0.376 e. The molecule has 0 aromatic rings. The highest BCUT2D eigenvalue weighted by molar-refractivity contribution is 7.99. The highest BCUT2D eigenvalue weighted by Crippen LogP contribution is 2.28. The first-order valence-corrected chi connectivity index (χ1v) is 10.3. The van der Waals surface area contributed by atoms with Crippen molar-refractivity contribution in [3.63, 3.8) is 0 Å². The second-order valence-corrected chi connectivity index (χ2v) is 8.58. The van der Waals surface area contributed by atoms with Gasteiger partial charge in [0.25, 0.3) is 0 Å². The molecular formula is C17H34N4OS. The second kappa shape index (κ2) is 8.50. The van der Waals surface area contributed by atoms with Crippen LogP contribution in [-0.4, -0.2) is 98.5 Å². The summed E-state index contributed by atoms with van der Waals surface area (Å²) in [7, 11) is 4.64. The predicted octanol–water partition coefficient (Wildman–Crippen LogP) is 0.463. The van der Waals surface area contributed by atoms with Gasteiger partial charge in [-0.25, -0.2) is 0 Å². The van der Waals surface area contributed by atoms with Gasteiger partial charge in [-0.1, -0.05) is 0 Å². The summed E-state index contributed by atoms with van der Waals surface area (Å²) in [6.07, 6.45) is 2.84. The highest BCUT2D eigenvalue weighted by atomic mass is 32.2. The van der Waals surface area contributed by atoms with Gasteiger partial charge in [-0.2, -0.15) is 11.8 Å². The fourth-order valence-corrected chi connectivity index (χ4v) is 5.51. The van der Waals surface area contributed by atoms with E-state index in [0.29, 0.717) is 30.3 Å². The smallest absolute Gasteiger partial charge is 0.0715 e. The molecule has 134 valence electrons. The molecule has 3 aliphatic rings. The standard InChI is InChI=1S/C17H34N4OS/c1-13-8-19-9-14(20(13)2)6-15-11-23-12-16(21(15)3)7-17-10-18-4-5-22-17/h13-19H,4-12H2,1-3H3. The van der Waals surface area contributed by atoms with Crippen LogP contribution in [0.2, 0.25) is 0 Å². The summed E-state index contributed by atoms with van der Waals surface area (Å²) in [6, 6.07) is 2.66. The lowest BCUT2D eigenvalue weighted by Crippen LogP contribution is -2.58. The van der Waals surface area contributed by atoms with Crippen molar-refractivity contribution in [3.05, 3.63) is 0 Å². The molecule has 3 fully saturated rings. The summed E-state index contributed by atoms with van der Waals surface area (Å²) in [4.78, 5) is 5.23. The summed E-state index contributed by atoms with van der Waals surface area (Å²) in [5.74, 6) is 2.53. The lowest BCUT2D eigenvalue weighted by Gasteiger charge is -2.45. The average molecular weight is 343 g/mol. The summed E-state index contributed by atoms with van der Waals surface area (Å²) in [5.41, 5.74) is 0. The van der Waals surface area contributed by atoms with Gasteiger partial charge in [-0.05, 0) is 33.9 Å². The topological polar surface area (TPSA) is 39.8 Å². The number of hydrogen-bond acceptors (Lipinski definition) is 6. The maximum Gasteiger partial charge on any atom is 0.0715 e. The van der Waals surface area contributed by atoms with Crippen LogP contribution in [0.25, 0.3) is 0 Å². The molecule has 3 rings (SSSR count). The zero-order valence-electron chi connectivity index (χ0n) is 15.0. The van der Waals surface area contributed by atoms with Crippen molar-refractivity contribution >= 4 is 11.8 Å². The molecule has 2 N–H and O–H groups in total. The van der Waals surface area contributed by atoms with Crippen LogP contribution < -0.4 is 10.6 Å². The Labute approximate surface area is 145 Å². The average Bonchev–Trinajstić information content (AvgIpc) is 2.56. The number of nitrogens with zero attached hydrogens (tertiary/aromatic N) is 2. The van der Waals surface area contributed by atoms with E-state index < -0.39 is 0 Å². The minimum atomic E-state index is 0.398. The van der Waals surface area contributed by atoms with Crippen molar-refractivity contribution in [2.24, 2.45) is 0 Å². The molecule has 5 nitrogen and oxygen atoms in total. The van der Waals surface area contributed by atoms with Gasteiger partial charge in [0, 0.05) is 61.9 Å². The van der Waals surface area contributed by atoms with E-state index in [2.05, 4.69) is 53.2 Å². The molecule has 0 aromatic heterocycles. The molecule has 0 saturated carbocycles. The van der Waals surface area contributed by atoms with Crippen molar-refractivity contribution in [1.82, 2.24) is 20.4 Å². The molecule has 3 aliphatic heterocycles. The van der Waals surface area contributed by atoms with Crippen molar-refractivity contribution in [2.45, 2.75) is 50.0 Å². The Kier molecular flexibility index (Phi) is 6.63. The molecular weight excluding hydrogens is 308 g/mol. The minimum absolute atomic E-state index is 0.398. The van der Waals surface area contributed by atoms with Crippen LogP contribution >= 0.6 is 11.8 Å². The van der Waals surface area contributed by atoms with Gasteiger partial charge in [0.05, 0.1) is 12.7 Å². The Morgan fingerprint density at radius 1 is 0.957 bits per heavy atom. The summed E-state index contributed by atoms with van der Waals surface area (Å²) in [5, 5.41) is 7.06. The molecule has 23 heavy (non-hydrogen) atoms. The number of likely N-dealkylation sites (N-methyl/N-ethyl adjacent to an activating group) is 1. The zero-order chi connectivity index (χ0) is 16.2. The summed E-state index contributed by atoms with van der Waals surface area (Å²) in [6.45, 7) is 7.48. The van der Waals surface area contributed by atoms with Crippen molar-refractivity contribution in [3.8, 4) is 0 Å². The van der Waals surface area contributed by atoms with Gasteiger partial charge < -0.3 is 15.4 Å². The first kappa shape index (κ1) is 18.0. The molecule has 5 atom stereocenters. The minimum Gasteiger partial charge on any atom is -0.376 e. The van der Waals surface area contributed by atoms with Crippen LogP contribution in [0.3, 0.4) is 0 Å². The predicted molar refractivity (Wildman–Crippen MR) is 98.4 cm³/mol. The number of piperazine rings is 1. The third-order valence-electron chi connectivity index (χ3n) is 5.95. The lowest BCUT2D eigenvalue weighted by molar-refractivity contribution is 0.00316. The third-order valence-corrected chi connectivity index (χ3v) is 7.19. The molecule has 0 bridgehead atoms. The molecule has 3 saturated heterocycles. The van der Waals surface area contributed by atoms with E-state index in [-0.39, 0.29) is 0 Å². The molecule has 0 spiro atoms. The maximum atomic E-state index is 5.93. The van der Waals surface area contributed by atoms with E-state index in [1.54, 1.807) is 0 Å². The fraction of sp³-hybridized carbons (Fsp3) is 1.00. The van der Waals surface area contributed by atoms with E-state index in [0.717, 1.165) is 32.8 Å². The van der Waals surface area contributed by atoms with E-state index in [1.165, 1.54) is 24.3 Å². The van der Waals surface area contributed by atoms with Crippen LogP contribution in [-0.2, 0) is 4.74 Å². The van der Waals surface area contributed by atoms with Crippen molar-refractivity contribution in [1.29, 1.82) is 0 Å². The van der Waals surface area contributed by atoms with Crippen LogP contribution in [0, 0.1) is 0 Å². The molecule has 0 amide bonds. The fourth-order valence-electron chi connectivity index (χ4n) is 4.09. The zero-order valence-corrected chi connectivity index (χ0v) is 15.8. The van der Waals surface area contributed by atoms with Gasteiger partial charge in [-0.15, -0.1) is 0 Å². The Hall–Kier alpha value is 0.150. The number of ether oxygens (including phenoxy) is 1. The Morgan fingerprint density at radius 3 is 2.48 bits per heavy atom. The molecule has 3 heterocycles. The van der Waals surface area contributed by atoms with E-state index in [9.17, 15) is 0 Å². The van der Waals surface area contributed by atoms with Crippen molar-refractivity contribution in [2.75, 3.05) is 58.4 Å². The Morgan fingerprint density at radius 2 is 1.74 bits per heavy atom. The number of hydrogen-bond donors (Lipinski definition) is 2. The van der Waals surface area contributed by atoms with Crippen LogP contribution in [0.4, 0.5) is 0 Å². The maximum absolute atomic E-state index is 5.93. The third kappa shape index (κ3) is 4.61. The van der Waals surface area contributed by atoms with Crippen LogP contribution in [0.15, 0.2) is 0 Å². The molecule has 6 heteroatoms. The van der Waals surface area contributed by atoms with Gasteiger partial charge in [0.2, 0.25) is 0 Å². The van der Waals surface area contributed by atoms with E-state index in [1.807, 2.05) is 0 Å². The molecule has 0 aliphatic carbocycles. The normalized spacial score (nSPS) is 41.1. The Balaban J connectivity index is 1.53. The van der Waals surface area contributed by atoms with Gasteiger partial charge >= 0.3 is 0 Å². The number of rotatable bonds is 4. The van der Waals surface area contributed by atoms with Gasteiger partial charge in [0.1, 0.15) is 0 Å². The SMILES string of the molecule is CC1CNCC(CC2CSCC(CC3CNCCO3)N2C)N1C. The van der Waals surface area contributed by atoms with Crippen LogP contribution in [0.1, 0.15) is 19.8 Å². The molecule has 0 radical (unpaired) electrons. The Bertz CT molecular complexity index is 367. The lowest BCUT2D eigenvalue weighted by atomic mass is 9.99. The first-order chi connectivity index (χ1) is 11.1. The second-order valence-electron chi connectivity index (χ2n) is 7.51. The van der Waals surface area contributed by atoms with Gasteiger partial charge in [-0.3, -0.25) is 9.80 Å². The van der Waals surface area contributed by atoms with E-state index >= 15 is 0 Å². The quantitative estimate of drug-likeness (QED) is 0.774. The molecule has 5 unspecified atom stereocenters. The molecule has 0 aromatic carbocycles. The number of thioether (sulfide) groups is 1. The van der Waals surface area contributed by atoms with Gasteiger partial charge in [0.15, 0.2) is 0 Å². The first-order valence-electron chi connectivity index (χ1n) is 9.19.